The highest BCUT2D eigenvalue weighted by Gasteiger charge is 2.13. The van der Waals surface area contributed by atoms with Gasteiger partial charge >= 0.3 is 0 Å². The number of aliphatic hydroxyl groups excluding tert-OH is 1. The Morgan fingerprint density at radius 2 is 2.05 bits per heavy atom. The molecule has 1 aromatic rings. The van der Waals surface area contributed by atoms with Crippen molar-refractivity contribution in [3.05, 3.63) is 35.6 Å². The molecule has 1 aromatic carbocycles. The van der Waals surface area contributed by atoms with Gasteiger partial charge in [-0.3, -0.25) is 9.59 Å². The highest BCUT2D eigenvalue weighted by atomic mass is 19.1. The van der Waals surface area contributed by atoms with E-state index in [1.54, 1.807) is 6.07 Å². The van der Waals surface area contributed by atoms with Crippen LogP contribution in [-0.4, -0.2) is 36.1 Å². The Hall–Kier alpha value is -1.95. The van der Waals surface area contributed by atoms with Gasteiger partial charge in [0.1, 0.15) is 5.82 Å². The minimum absolute atomic E-state index is 0.0135. The van der Waals surface area contributed by atoms with Crippen LogP contribution in [0.4, 0.5) is 4.39 Å². The minimum atomic E-state index is -0.631. The van der Waals surface area contributed by atoms with E-state index in [1.807, 2.05) is 6.92 Å². The number of benzene rings is 1. The van der Waals surface area contributed by atoms with Gasteiger partial charge in [0.05, 0.1) is 12.1 Å². The van der Waals surface area contributed by atoms with Crippen molar-refractivity contribution in [1.82, 2.24) is 10.6 Å². The zero-order valence-electron chi connectivity index (χ0n) is 11.4. The molecule has 0 heterocycles. The maximum absolute atomic E-state index is 13.3. The normalized spacial score (nSPS) is 11.8. The van der Waals surface area contributed by atoms with Crippen molar-refractivity contribution < 1.29 is 19.1 Å². The van der Waals surface area contributed by atoms with Crippen LogP contribution in [0.5, 0.6) is 0 Å². The maximum Gasteiger partial charge on any atom is 0.254 e. The molecule has 0 aliphatic carbocycles. The average Bonchev–Trinajstić information content (AvgIpc) is 2.44. The van der Waals surface area contributed by atoms with Crippen LogP contribution < -0.4 is 10.6 Å². The molecule has 3 N–H and O–H groups in total. The topological polar surface area (TPSA) is 78.4 Å². The summed E-state index contributed by atoms with van der Waals surface area (Å²) in [5.74, 6) is -1.62. The predicted molar refractivity (Wildman–Crippen MR) is 72.7 cm³/mol. The van der Waals surface area contributed by atoms with Crippen LogP contribution in [-0.2, 0) is 4.79 Å². The van der Waals surface area contributed by atoms with Crippen LogP contribution >= 0.6 is 0 Å². The summed E-state index contributed by atoms with van der Waals surface area (Å²) < 4.78 is 13.3. The van der Waals surface area contributed by atoms with Crippen molar-refractivity contribution in [1.29, 1.82) is 0 Å². The van der Waals surface area contributed by atoms with E-state index in [4.69, 9.17) is 5.11 Å². The number of nitrogens with one attached hydrogen (secondary N) is 2. The lowest BCUT2D eigenvalue weighted by molar-refractivity contribution is -0.120. The Morgan fingerprint density at radius 1 is 1.35 bits per heavy atom. The molecule has 1 rings (SSSR count). The van der Waals surface area contributed by atoms with E-state index in [0.717, 1.165) is 0 Å². The first-order valence-electron chi connectivity index (χ1n) is 6.51. The van der Waals surface area contributed by atoms with Gasteiger partial charge in [-0.25, -0.2) is 4.39 Å². The summed E-state index contributed by atoms with van der Waals surface area (Å²) in [4.78, 5) is 23.3. The van der Waals surface area contributed by atoms with Crippen LogP contribution in [0.3, 0.4) is 0 Å². The molecule has 2 amide bonds. The molecule has 0 aromatic heterocycles. The highest BCUT2D eigenvalue weighted by Crippen LogP contribution is 2.05. The lowest BCUT2D eigenvalue weighted by Crippen LogP contribution is -2.42. The van der Waals surface area contributed by atoms with Crippen molar-refractivity contribution in [2.75, 3.05) is 13.2 Å². The Morgan fingerprint density at radius 3 is 2.65 bits per heavy atom. The smallest absolute Gasteiger partial charge is 0.254 e. The quantitative estimate of drug-likeness (QED) is 0.693. The second-order valence-electron chi connectivity index (χ2n) is 4.35. The SMILES string of the molecule is CCC(CCO)NC(=O)CNC(=O)c1ccccc1F. The largest absolute Gasteiger partial charge is 0.396 e. The third-order valence-corrected chi connectivity index (χ3v) is 2.86. The molecule has 0 aliphatic rings. The molecule has 0 fully saturated rings. The summed E-state index contributed by atoms with van der Waals surface area (Å²) in [5.41, 5.74) is -0.0947. The number of carbonyl (C=O) groups excluding carboxylic acids is 2. The number of amides is 2. The van der Waals surface area contributed by atoms with Gasteiger partial charge in [0.2, 0.25) is 5.91 Å². The average molecular weight is 282 g/mol. The van der Waals surface area contributed by atoms with Crippen molar-refractivity contribution in [2.24, 2.45) is 0 Å². The van der Waals surface area contributed by atoms with E-state index in [1.165, 1.54) is 18.2 Å². The summed E-state index contributed by atoms with van der Waals surface area (Å²) >= 11 is 0. The Bertz CT molecular complexity index is 465. The Kier molecular flexibility index (Phi) is 6.66. The van der Waals surface area contributed by atoms with E-state index in [2.05, 4.69) is 10.6 Å². The minimum Gasteiger partial charge on any atom is -0.396 e. The fraction of sp³-hybridized carbons (Fsp3) is 0.429. The van der Waals surface area contributed by atoms with Crippen LogP contribution in [0.1, 0.15) is 30.1 Å². The summed E-state index contributed by atoms with van der Waals surface area (Å²) in [6, 6.07) is 5.44. The molecule has 0 saturated carbocycles. The van der Waals surface area contributed by atoms with Crippen molar-refractivity contribution in [3.63, 3.8) is 0 Å². The second-order valence-corrected chi connectivity index (χ2v) is 4.35. The fourth-order valence-electron chi connectivity index (χ4n) is 1.71. The molecule has 110 valence electrons. The summed E-state index contributed by atoms with van der Waals surface area (Å²) in [7, 11) is 0. The first-order valence-corrected chi connectivity index (χ1v) is 6.51. The third kappa shape index (κ3) is 4.97. The Labute approximate surface area is 117 Å². The predicted octanol–water partition coefficient (Wildman–Crippen LogP) is 0.833. The first-order chi connectivity index (χ1) is 9.58. The lowest BCUT2D eigenvalue weighted by atomic mass is 10.1. The van der Waals surface area contributed by atoms with Gasteiger partial charge in [0.25, 0.3) is 5.91 Å². The van der Waals surface area contributed by atoms with E-state index in [9.17, 15) is 14.0 Å². The molecule has 20 heavy (non-hydrogen) atoms. The molecule has 6 heteroatoms. The van der Waals surface area contributed by atoms with Gasteiger partial charge < -0.3 is 15.7 Å². The third-order valence-electron chi connectivity index (χ3n) is 2.86. The number of rotatable bonds is 7. The van der Waals surface area contributed by atoms with Crippen LogP contribution in [0, 0.1) is 5.82 Å². The lowest BCUT2D eigenvalue weighted by Gasteiger charge is -2.15. The van der Waals surface area contributed by atoms with Crippen LogP contribution in [0.15, 0.2) is 24.3 Å². The second kappa shape index (κ2) is 8.27. The summed E-state index contributed by atoms with van der Waals surface area (Å²) in [5, 5.41) is 13.9. The monoisotopic (exact) mass is 282 g/mol. The van der Waals surface area contributed by atoms with Crippen molar-refractivity contribution >= 4 is 11.8 Å². The highest BCUT2D eigenvalue weighted by molar-refractivity contribution is 5.96. The van der Waals surface area contributed by atoms with Gasteiger partial charge in [-0.2, -0.15) is 0 Å². The number of hydrogen-bond donors (Lipinski definition) is 3. The standard InChI is InChI=1S/C14H19FN2O3/c1-2-10(7-8-18)17-13(19)9-16-14(20)11-5-3-4-6-12(11)15/h3-6,10,18H,2,7-9H2,1H3,(H,16,20)(H,17,19). The molecule has 1 atom stereocenters. The molecule has 0 aliphatic heterocycles. The molecule has 0 saturated heterocycles. The maximum atomic E-state index is 13.3. The molecule has 5 nitrogen and oxygen atoms in total. The van der Waals surface area contributed by atoms with Gasteiger partial charge in [0, 0.05) is 12.6 Å². The van der Waals surface area contributed by atoms with Gasteiger partial charge in [-0.1, -0.05) is 19.1 Å². The summed E-state index contributed by atoms with van der Waals surface area (Å²) in [6.45, 7) is 1.65. The summed E-state index contributed by atoms with van der Waals surface area (Å²) in [6.07, 6.45) is 1.15. The number of aliphatic hydroxyl groups is 1. The van der Waals surface area contributed by atoms with Crippen LogP contribution in [0.2, 0.25) is 0 Å². The molecule has 0 bridgehead atoms. The van der Waals surface area contributed by atoms with E-state index >= 15 is 0 Å². The van der Waals surface area contributed by atoms with Crippen LogP contribution in [0.25, 0.3) is 0 Å². The zero-order valence-corrected chi connectivity index (χ0v) is 11.4. The van der Waals surface area contributed by atoms with E-state index in [-0.39, 0.29) is 30.7 Å². The first kappa shape index (κ1) is 16.1. The van der Waals surface area contributed by atoms with Crippen molar-refractivity contribution in [2.45, 2.75) is 25.8 Å². The fourth-order valence-corrected chi connectivity index (χ4v) is 1.71. The van der Waals surface area contributed by atoms with Gasteiger partial charge in [-0.15, -0.1) is 0 Å². The molecule has 0 radical (unpaired) electrons. The van der Waals surface area contributed by atoms with E-state index < -0.39 is 11.7 Å². The number of halogens is 1. The number of carbonyl (C=O) groups is 2. The van der Waals surface area contributed by atoms with Gasteiger partial charge in [0.15, 0.2) is 0 Å². The van der Waals surface area contributed by atoms with Crippen molar-refractivity contribution in [3.8, 4) is 0 Å². The molecule has 1 unspecified atom stereocenters. The molecular formula is C14H19FN2O3. The Balaban J connectivity index is 2.45. The molecule has 0 spiro atoms. The molecular weight excluding hydrogens is 263 g/mol. The number of hydrogen-bond acceptors (Lipinski definition) is 3. The van der Waals surface area contributed by atoms with Gasteiger partial charge in [-0.05, 0) is 25.0 Å². The van der Waals surface area contributed by atoms with E-state index in [0.29, 0.717) is 12.8 Å². The zero-order chi connectivity index (χ0) is 15.0.